The maximum Gasteiger partial charge on any atom is 0.187 e. The van der Waals surface area contributed by atoms with Gasteiger partial charge >= 0.3 is 0 Å². The van der Waals surface area contributed by atoms with Gasteiger partial charge in [0, 0.05) is 19.6 Å². The minimum atomic E-state index is 0.668. The number of pyridine rings is 1. The summed E-state index contributed by atoms with van der Waals surface area (Å²) in [6.07, 6.45) is 1.15. The molecule has 19 heavy (non-hydrogen) atoms. The van der Waals surface area contributed by atoms with Crippen LogP contribution in [0.3, 0.4) is 0 Å². The Morgan fingerprint density at radius 1 is 1.16 bits per heavy atom. The fourth-order valence-corrected chi connectivity index (χ4v) is 2.42. The summed E-state index contributed by atoms with van der Waals surface area (Å²) in [5.41, 5.74) is 1.63. The molecule has 0 bridgehead atoms. The van der Waals surface area contributed by atoms with Crippen molar-refractivity contribution in [1.29, 1.82) is 0 Å². The van der Waals surface area contributed by atoms with Gasteiger partial charge in [0.2, 0.25) is 0 Å². The second-order valence-electron chi connectivity index (χ2n) is 4.75. The molecule has 2 aromatic rings. The van der Waals surface area contributed by atoms with Gasteiger partial charge in [0.25, 0.3) is 0 Å². The molecule has 0 spiro atoms. The average molecular weight is 252 g/mol. The Balaban J connectivity index is 1.95. The summed E-state index contributed by atoms with van der Waals surface area (Å²) in [5, 5.41) is 4.43. The number of rotatable bonds is 1. The molecule has 96 valence electrons. The molecule has 4 heteroatoms. The lowest BCUT2D eigenvalue weighted by Gasteiger charge is -2.21. The third-order valence-electron chi connectivity index (χ3n) is 3.45. The molecule has 1 fully saturated rings. The average Bonchev–Trinajstić information content (AvgIpc) is 2.75. The molecule has 1 aliphatic rings. The molecule has 0 unspecified atom stereocenters. The van der Waals surface area contributed by atoms with Crippen molar-refractivity contribution in [2.24, 2.45) is 0 Å². The van der Waals surface area contributed by atoms with Crippen LogP contribution in [0.15, 0.2) is 30.3 Å². The Labute approximate surface area is 112 Å². The Bertz CT molecular complexity index is 622. The zero-order chi connectivity index (χ0) is 13.1. The van der Waals surface area contributed by atoms with Gasteiger partial charge in [0.05, 0.1) is 12.1 Å². The first-order valence-electron chi connectivity index (χ1n) is 6.61. The largest absolute Gasteiger partial charge is 0.355 e. The van der Waals surface area contributed by atoms with Crippen LogP contribution < -0.4 is 10.2 Å². The van der Waals surface area contributed by atoms with Gasteiger partial charge in [0.1, 0.15) is 5.82 Å². The van der Waals surface area contributed by atoms with E-state index in [1.807, 2.05) is 18.2 Å². The fourth-order valence-electron chi connectivity index (χ4n) is 2.42. The molecule has 0 saturated carbocycles. The van der Waals surface area contributed by atoms with Gasteiger partial charge in [-0.1, -0.05) is 12.1 Å². The standard InChI is InChI=1S/C15H16N4/c1-16-13-4-5-14-12(11-13)3-6-15(18-14)19-9-2-7-17-8-10-19/h3-6,11,17H,2,7-10H2. The lowest BCUT2D eigenvalue weighted by molar-refractivity contribution is 0.724. The Kier molecular flexibility index (Phi) is 3.30. The van der Waals surface area contributed by atoms with Gasteiger partial charge in [-0.3, -0.25) is 0 Å². The summed E-state index contributed by atoms with van der Waals surface area (Å²) >= 11 is 0. The van der Waals surface area contributed by atoms with Gasteiger partial charge in [0.15, 0.2) is 5.69 Å². The number of nitrogens with zero attached hydrogens (tertiary/aromatic N) is 3. The minimum Gasteiger partial charge on any atom is -0.355 e. The van der Waals surface area contributed by atoms with Crippen LogP contribution in [0, 0.1) is 6.57 Å². The van der Waals surface area contributed by atoms with Crippen LogP contribution in [-0.4, -0.2) is 31.2 Å². The maximum absolute atomic E-state index is 7.04. The van der Waals surface area contributed by atoms with E-state index in [4.69, 9.17) is 11.6 Å². The van der Waals surface area contributed by atoms with Crippen LogP contribution in [0.5, 0.6) is 0 Å². The molecule has 1 aromatic carbocycles. The molecule has 3 rings (SSSR count). The number of hydrogen-bond donors (Lipinski definition) is 1. The van der Waals surface area contributed by atoms with Crippen LogP contribution in [-0.2, 0) is 0 Å². The van der Waals surface area contributed by atoms with E-state index in [9.17, 15) is 0 Å². The first kappa shape index (κ1) is 11.9. The Morgan fingerprint density at radius 3 is 3.00 bits per heavy atom. The smallest absolute Gasteiger partial charge is 0.187 e. The molecule has 0 amide bonds. The lowest BCUT2D eigenvalue weighted by Crippen LogP contribution is -2.28. The van der Waals surface area contributed by atoms with Crippen LogP contribution in [0.2, 0.25) is 0 Å². The summed E-state index contributed by atoms with van der Waals surface area (Å²) < 4.78 is 0. The molecule has 0 aliphatic carbocycles. The molecule has 1 aromatic heterocycles. The topological polar surface area (TPSA) is 32.5 Å². The molecule has 1 aliphatic heterocycles. The highest BCUT2D eigenvalue weighted by Gasteiger charge is 2.11. The van der Waals surface area contributed by atoms with Crippen molar-refractivity contribution in [2.45, 2.75) is 6.42 Å². The summed E-state index contributed by atoms with van der Waals surface area (Å²) in [6.45, 7) is 11.2. The molecular formula is C15H16N4. The fraction of sp³-hybridized carbons (Fsp3) is 0.333. The van der Waals surface area contributed by atoms with E-state index < -0.39 is 0 Å². The van der Waals surface area contributed by atoms with Gasteiger partial charge in [-0.05, 0) is 36.6 Å². The second-order valence-corrected chi connectivity index (χ2v) is 4.75. The van der Waals surface area contributed by atoms with Gasteiger partial charge in [-0.15, -0.1) is 0 Å². The zero-order valence-electron chi connectivity index (χ0n) is 10.8. The number of hydrogen-bond acceptors (Lipinski definition) is 3. The number of fused-ring (bicyclic) bond motifs is 1. The highest BCUT2D eigenvalue weighted by Crippen LogP contribution is 2.23. The van der Waals surface area contributed by atoms with E-state index in [1.54, 1.807) is 0 Å². The molecular weight excluding hydrogens is 236 g/mol. The SMILES string of the molecule is [C-]#[N+]c1ccc2nc(N3CCCNCC3)ccc2c1. The summed E-state index contributed by atoms with van der Waals surface area (Å²) in [6, 6.07) is 9.77. The monoisotopic (exact) mass is 252 g/mol. The first-order valence-corrected chi connectivity index (χ1v) is 6.61. The van der Waals surface area contributed by atoms with Crippen LogP contribution in [0.4, 0.5) is 11.5 Å². The van der Waals surface area contributed by atoms with Crippen molar-refractivity contribution in [3.8, 4) is 0 Å². The van der Waals surface area contributed by atoms with E-state index in [2.05, 4.69) is 27.2 Å². The Hall–Kier alpha value is -2.12. The van der Waals surface area contributed by atoms with E-state index >= 15 is 0 Å². The predicted molar refractivity (Wildman–Crippen MR) is 77.7 cm³/mol. The molecule has 1 saturated heterocycles. The van der Waals surface area contributed by atoms with Crippen LogP contribution in [0.25, 0.3) is 15.7 Å². The van der Waals surface area contributed by atoms with Crippen LogP contribution >= 0.6 is 0 Å². The quantitative estimate of drug-likeness (QED) is 0.792. The highest BCUT2D eigenvalue weighted by molar-refractivity contribution is 5.84. The highest BCUT2D eigenvalue weighted by atomic mass is 15.2. The summed E-state index contributed by atoms with van der Waals surface area (Å²) in [4.78, 5) is 10.5. The minimum absolute atomic E-state index is 0.668. The number of nitrogens with one attached hydrogen (secondary N) is 1. The van der Waals surface area contributed by atoms with Gasteiger partial charge in [-0.25, -0.2) is 9.83 Å². The third-order valence-corrected chi connectivity index (χ3v) is 3.45. The number of anilines is 1. The van der Waals surface area contributed by atoms with Crippen molar-refractivity contribution in [2.75, 3.05) is 31.1 Å². The normalized spacial score (nSPS) is 16.1. The molecule has 4 nitrogen and oxygen atoms in total. The van der Waals surface area contributed by atoms with E-state index in [0.717, 1.165) is 49.3 Å². The molecule has 0 atom stereocenters. The zero-order valence-corrected chi connectivity index (χ0v) is 10.8. The van der Waals surface area contributed by atoms with Gasteiger partial charge in [-0.2, -0.15) is 0 Å². The number of benzene rings is 1. The molecule has 2 heterocycles. The van der Waals surface area contributed by atoms with E-state index in [1.165, 1.54) is 0 Å². The van der Waals surface area contributed by atoms with E-state index in [-0.39, 0.29) is 0 Å². The molecule has 0 radical (unpaired) electrons. The van der Waals surface area contributed by atoms with Crippen molar-refractivity contribution < 1.29 is 0 Å². The van der Waals surface area contributed by atoms with Crippen LogP contribution in [0.1, 0.15) is 6.42 Å². The Morgan fingerprint density at radius 2 is 2.11 bits per heavy atom. The van der Waals surface area contributed by atoms with Crippen molar-refractivity contribution >= 4 is 22.4 Å². The third kappa shape index (κ3) is 2.51. The van der Waals surface area contributed by atoms with E-state index in [0.29, 0.717) is 5.69 Å². The molecule has 1 N–H and O–H groups in total. The van der Waals surface area contributed by atoms with Crippen molar-refractivity contribution in [3.05, 3.63) is 41.7 Å². The number of aromatic nitrogens is 1. The second kappa shape index (κ2) is 5.25. The predicted octanol–water partition coefficient (Wildman–Crippen LogP) is 2.59. The lowest BCUT2D eigenvalue weighted by atomic mass is 10.2. The summed E-state index contributed by atoms with van der Waals surface area (Å²) in [7, 11) is 0. The van der Waals surface area contributed by atoms with Gasteiger partial charge < -0.3 is 10.2 Å². The van der Waals surface area contributed by atoms with Crippen molar-refractivity contribution in [3.63, 3.8) is 0 Å². The summed E-state index contributed by atoms with van der Waals surface area (Å²) in [5.74, 6) is 1.03. The first-order chi connectivity index (χ1) is 9.36. The van der Waals surface area contributed by atoms with Crippen molar-refractivity contribution in [1.82, 2.24) is 10.3 Å². The maximum atomic E-state index is 7.04.